The van der Waals surface area contributed by atoms with Gasteiger partial charge >= 0.3 is 11.9 Å². The molecular weight excluding hydrogens is 466 g/mol. The predicted molar refractivity (Wildman–Crippen MR) is 122 cm³/mol. The summed E-state index contributed by atoms with van der Waals surface area (Å²) in [7, 11) is -1.81. The number of nitrogens with zero attached hydrogens (tertiary/aromatic N) is 1. The number of carbonyl (C=O) groups excluding carboxylic acids is 2. The van der Waals surface area contributed by atoms with Crippen molar-refractivity contribution in [3.05, 3.63) is 29.8 Å². The minimum Gasteiger partial charge on any atom is -0.465 e. The predicted octanol–water partition coefficient (Wildman–Crippen LogP) is 2.20. The fourth-order valence-electron chi connectivity index (χ4n) is 5.72. The molecule has 1 aromatic rings. The van der Waals surface area contributed by atoms with Gasteiger partial charge in [0.1, 0.15) is 11.8 Å². The van der Waals surface area contributed by atoms with Crippen molar-refractivity contribution in [3.63, 3.8) is 0 Å². The molecule has 0 aliphatic carbocycles. The number of carbonyl (C=O) groups is 2. The van der Waals surface area contributed by atoms with E-state index in [0.29, 0.717) is 11.5 Å². The van der Waals surface area contributed by atoms with Crippen molar-refractivity contribution in [3.8, 4) is 0 Å². The lowest BCUT2D eigenvalue weighted by Crippen LogP contribution is -2.56. The quantitative estimate of drug-likeness (QED) is 0.551. The molecule has 0 unspecified atom stereocenters. The Morgan fingerprint density at radius 1 is 1.27 bits per heavy atom. The van der Waals surface area contributed by atoms with E-state index in [2.05, 4.69) is 0 Å². The van der Waals surface area contributed by atoms with Crippen LogP contribution in [0.25, 0.3) is 0 Å². The standard InChI is InChI=1S/C23H29NO7S2/c1-5-28-18(25)17-16-19(29-6-2)31-21(26)23(16,33(27)14-9-7-13(3)8-10-14)20-24(17)22(4)15(32-20)11-12-30-22/h7-10,15-17,19-20H,5-6,11-12H2,1-4H3/t15-,16-,17-,19+,20+,22+,23-,33+/m1/s1. The Bertz CT molecular complexity index is 988. The Morgan fingerprint density at radius 3 is 2.67 bits per heavy atom. The van der Waals surface area contributed by atoms with Crippen LogP contribution in [0.15, 0.2) is 29.2 Å². The van der Waals surface area contributed by atoms with Gasteiger partial charge < -0.3 is 18.9 Å². The topological polar surface area (TPSA) is 91.4 Å². The summed E-state index contributed by atoms with van der Waals surface area (Å²) in [6, 6.07) is 6.41. The number of fused-ring (bicyclic) bond motifs is 5. The van der Waals surface area contributed by atoms with Gasteiger partial charge in [-0.15, -0.1) is 11.8 Å². The van der Waals surface area contributed by atoms with Crippen LogP contribution in [0.1, 0.15) is 32.8 Å². The van der Waals surface area contributed by atoms with Crippen molar-refractivity contribution in [2.75, 3.05) is 19.8 Å². The van der Waals surface area contributed by atoms with E-state index in [-0.39, 0.29) is 18.5 Å². The second-order valence-electron chi connectivity index (χ2n) is 8.90. The van der Waals surface area contributed by atoms with Crippen LogP contribution in [-0.2, 0) is 39.3 Å². The molecule has 10 heteroatoms. The van der Waals surface area contributed by atoms with E-state index >= 15 is 0 Å². The molecule has 0 amide bonds. The first-order chi connectivity index (χ1) is 15.8. The van der Waals surface area contributed by atoms with Gasteiger partial charge in [-0.25, -0.2) is 4.90 Å². The minimum absolute atomic E-state index is 0.0335. The van der Waals surface area contributed by atoms with Crippen molar-refractivity contribution >= 4 is 34.5 Å². The molecule has 4 saturated heterocycles. The molecule has 5 rings (SSSR count). The van der Waals surface area contributed by atoms with Gasteiger partial charge in [0.2, 0.25) is 6.29 Å². The highest BCUT2D eigenvalue weighted by Gasteiger charge is 2.82. The number of benzene rings is 1. The van der Waals surface area contributed by atoms with Crippen molar-refractivity contribution in [1.29, 1.82) is 0 Å². The number of ether oxygens (including phenoxy) is 4. The number of rotatable bonds is 6. The molecule has 8 nitrogen and oxygen atoms in total. The van der Waals surface area contributed by atoms with Gasteiger partial charge in [0.05, 0.1) is 40.6 Å². The van der Waals surface area contributed by atoms with Crippen LogP contribution in [0.4, 0.5) is 0 Å². The molecule has 33 heavy (non-hydrogen) atoms. The zero-order chi connectivity index (χ0) is 23.5. The third-order valence-electron chi connectivity index (χ3n) is 7.17. The van der Waals surface area contributed by atoms with Crippen molar-refractivity contribution in [1.82, 2.24) is 4.90 Å². The van der Waals surface area contributed by atoms with Crippen LogP contribution in [0.3, 0.4) is 0 Å². The Morgan fingerprint density at radius 2 is 2.00 bits per heavy atom. The molecule has 4 heterocycles. The molecule has 0 aromatic heterocycles. The average molecular weight is 496 g/mol. The van der Waals surface area contributed by atoms with Crippen LogP contribution >= 0.6 is 11.8 Å². The first-order valence-electron chi connectivity index (χ1n) is 11.4. The fourth-order valence-corrected chi connectivity index (χ4v) is 9.82. The maximum absolute atomic E-state index is 14.3. The third-order valence-corrected chi connectivity index (χ3v) is 11.2. The second-order valence-corrected chi connectivity index (χ2v) is 11.9. The monoisotopic (exact) mass is 495 g/mol. The van der Waals surface area contributed by atoms with Gasteiger partial charge in [0, 0.05) is 11.5 Å². The Kier molecular flexibility index (Phi) is 5.88. The highest BCUT2D eigenvalue weighted by atomic mass is 32.2. The smallest absolute Gasteiger partial charge is 0.330 e. The molecule has 4 aliphatic rings. The van der Waals surface area contributed by atoms with Crippen LogP contribution in [0.5, 0.6) is 0 Å². The second kappa shape index (κ2) is 8.34. The first kappa shape index (κ1) is 23.3. The van der Waals surface area contributed by atoms with E-state index in [4.69, 9.17) is 18.9 Å². The zero-order valence-electron chi connectivity index (χ0n) is 19.1. The number of aryl methyl sites for hydroxylation is 1. The number of hydrogen-bond acceptors (Lipinski definition) is 9. The first-order valence-corrected chi connectivity index (χ1v) is 13.5. The number of cyclic esters (lactones) is 1. The number of thioether (sulfide) groups is 1. The number of hydrogen-bond donors (Lipinski definition) is 0. The molecule has 180 valence electrons. The van der Waals surface area contributed by atoms with Gasteiger partial charge in [0.15, 0.2) is 4.75 Å². The van der Waals surface area contributed by atoms with E-state index in [1.807, 2.05) is 30.9 Å². The molecular formula is C23H29NO7S2. The lowest BCUT2D eigenvalue weighted by Gasteiger charge is -2.38. The van der Waals surface area contributed by atoms with Gasteiger partial charge in [-0.2, -0.15) is 0 Å². The highest BCUT2D eigenvalue weighted by Crippen LogP contribution is 2.64. The molecule has 4 aliphatic heterocycles. The molecule has 1 aromatic carbocycles. The summed E-state index contributed by atoms with van der Waals surface area (Å²) in [6.45, 7) is 8.48. The van der Waals surface area contributed by atoms with Crippen molar-refractivity contribution < 1.29 is 32.7 Å². The van der Waals surface area contributed by atoms with Gasteiger partial charge in [-0.05, 0) is 46.2 Å². The largest absolute Gasteiger partial charge is 0.465 e. The molecule has 0 spiro atoms. The van der Waals surface area contributed by atoms with Gasteiger partial charge in [-0.1, -0.05) is 17.7 Å². The molecule has 0 bridgehead atoms. The van der Waals surface area contributed by atoms with Gasteiger partial charge in [0.25, 0.3) is 0 Å². The summed E-state index contributed by atoms with van der Waals surface area (Å²) in [5.74, 6) is -1.87. The molecule has 0 radical (unpaired) electrons. The van der Waals surface area contributed by atoms with E-state index in [1.165, 1.54) is 0 Å². The molecule has 8 atom stereocenters. The fraction of sp³-hybridized carbons (Fsp3) is 0.652. The van der Waals surface area contributed by atoms with Gasteiger partial charge in [-0.3, -0.25) is 13.8 Å². The Hall–Kier alpha value is -1.46. The SMILES string of the molecule is CCOC(=O)[C@H]1[C@@H]2[C@@H](OCC)OC(=O)[C@]2([S@@](=O)c2ccc(C)cc2)[C@@H]2S[C@@H]3CCO[C@]3(C)N21. The Labute approximate surface area is 200 Å². The van der Waals surface area contributed by atoms with Crippen molar-refractivity contribution in [2.24, 2.45) is 5.92 Å². The maximum atomic E-state index is 14.3. The minimum atomic E-state index is -1.81. The summed E-state index contributed by atoms with van der Waals surface area (Å²) in [5, 5.41) is -0.543. The average Bonchev–Trinajstić information content (AvgIpc) is 3.45. The van der Waals surface area contributed by atoms with Crippen LogP contribution in [0.2, 0.25) is 0 Å². The normalized spacial score (nSPS) is 40.2. The van der Waals surface area contributed by atoms with E-state index in [0.717, 1.165) is 12.0 Å². The highest BCUT2D eigenvalue weighted by molar-refractivity contribution is 8.02. The molecule has 0 saturated carbocycles. The number of esters is 2. The zero-order valence-corrected chi connectivity index (χ0v) is 20.8. The third kappa shape index (κ3) is 3.10. The summed E-state index contributed by atoms with van der Waals surface area (Å²) in [5.41, 5.74) is 0.243. The van der Waals surface area contributed by atoms with Crippen LogP contribution in [0, 0.1) is 12.8 Å². The van der Waals surface area contributed by atoms with E-state index in [9.17, 15) is 13.8 Å². The van der Waals surface area contributed by atoms with E-state index < -0.39 is 56.8 Å². The summed E-state index contributed by atoms with van der Waals surface area (Å²) < 4.78 is 36.0. The molecule has 0 N–H and O–H groups in total. The summed E-state index contributed by atoms with van der Waals surface area (Å²) in [6.07, 6.45) is -0.216. The lowest BCUT2D eigenvalue weighted by molar-refractivity contribution is -0.187. The van der Waals surface area contributed by atoms with Crippen molar-refractivity contribution in [2.45, 2.75) is 72.4 Å². The summed E-state index contributed by atoms with van der Waals surface area (Å²) in [4.78, 5) is 29.6. The molecule has 4 fully saturated rings. The lowest BCUT2D eigenvalue weighted by atomic mass is 9.90. The van der Waals surface area contributed by atoms with E-state index in [1.54, 1.807) is 37.7 Å². The van der Waals surface area contributed by atoms with Crippen LogP contribution < -0.4 is 0 Å². The Balaban J connectivity index is 1.71. The van der Waals surface area contributed by atoms with Crippen LogP contribution in [-0.4, -0.2) is 74.3 Å². The summed E-state index contributed by atoms with van der Waals surface area (Å²) >= 11 is 1.56. The maximum Gasteiger partial charge on any atom is 0.330 e.